The van der Waals surface area contributed by atoms with Crippen LogP contribution in [0.15, 0.2) is 0 Å². The van der Waals surface area contributed by atoms with Gasteiger partial charge in [-0.2, -0.15) is 13.2 Å². The molecule has 1 aliphatic heterocycles. The highest BCUT2D eigenvalue weighted by molar-refractivity contribution is 4.96. The summed E-state index contributed by atoms with van der Waals surface area (Å²) in [5.41, 5.74) is -0.216. The van der Waals surface area contributed by atoms with Gasteiger partial charge in [0.05, 0.1) is 13.2 Å². The number of halogens is 3. The van der Waals surface area contributed by atoms with Crippen LogP contribution >= 0.6 is 0 Å². The first-order valence-electron chi connectivity index (χ1n) is 7.70. The molecular weight excluding hydrogens is 283 g/mol. The molecule has 1 saturated heterocycles. The minimum atomic E-state index is -4.11. The Morgan fingerprint density at radius 2 is 1.90 bits per heavy atom. The van der Waals surface area contributed by atoms with Gasteiger partial charge in [0.25, 0.3) is 0 Å². The van der Waals surface area contributed by atoms with E-state index in [1.165, 1.54) is 4.90 Å². The Morgan fingerprint density at radius 1 is 1.24 bits per heavy atom. The van der Waals surface area contributed by atoms with Crippen LogP contribution in [0.1, 0.15) is 25.7 Å². The summed E-state index contributed by atoms with van der Waals surface area (Å²) in [6.45, 7) is 1.64. The topological polar surface area (TPSA) is 38.7 Å². The quantitative estimate of drug-likeness (QED) is 0.814. The zero-order valence-electron chi connectivity index (χ0n) is 12.6. The molecule has 0 amide bonds. The van der Waals surface area contributed by atoms with E-state index in [9.17, 15) is 18.3 Å². The smallest absolute Gasteiger partial charge is 0.394 e. The van der Waals surface area contributed by atoms with Crippen LogP contribution < -0.4 is 5.32 Å². The van der Waals surface area contributed by atoms with Gasteiger partial charge in [-0.15, -0.1) is 0 Å². The van der Waals surface area contributed by atoms with E-state index in [1.807, 2.05) is 7.05 Å². The van der Waals surface area contributed by atoms with Crippen molar-refractivity contribution in [3.63, 3.8) is 0 Å². The Morgan fingerprint density at radius 3 is 2.43 bits per heavy atom. The number of alkyl halides is 3. The average Bonchev–Trinajstić information content (AvgIpc) is 2.46. The molecule has 1 heterocycles. The Kier molecular flexibility index (Phi) is 5.51. The first-order chi connectivity index (χ1) is 9.87. The summed E-state index contributed by atoms with van der Waals surface area (Å²) in [7, 11) is 1.87. The van der Waals surface area contributed by atoms with Crippen molar-refractivity contribution >= 4 is 0 Å². The fraction of sp³-hybridized carbons (Fsp3) is 1.00. The Hall–Kier alpha value is -0.370. The normalized spacial score (nSPS) is 33.3. The summed E-state index contributed by atoms with van der Waals surface area (Å²) in [4.78, 5) is 3.78. The lowest BCUT2D eigenvalue weighted by Crippen LogP contribution is -2.58. The minimum absolute atomic E-state index is 0.119. The maximum atomic E-state index is 12.4. The van der Waals surface area contributed by atoms with Gasteiger partial charge in [-0.05, 0) is 32.7 Å². The highest BCUT2D eigenvalue weighted by atomic mass is 19.4. The molecule has 0 spiro atoms. The zero-order chi connectivity index (χ0) is 15.5. The summed E-state index contributed by atoms with van der Waals surface area (Å²) in [5.74, 6) is 0. The Balaban J connectivity index is 1.84. The summed E-state index contributed by atoms with van der Waals surface area (Å²) in [5, 5.41) is 12.9. The van der Waals surface area contributed by atoms with Crippen LogP contribution in [0, 0.1) is 0 Å². The van der Waals surface area contributed by atoms with Gasteiger partial charge >= 0.3 is 6.18 Å². The van der Waals surface area contributed by atoms with E-state index in [-0.39, 0.29) is 12.1 Å². The number of rotatable bonds is 4. The molecule has 2 unspecified atom stereocenters. The molecule has 0 aromatic heterocycles. The third-order valence-corrected chi connectivity index (χ3v) is 4.98. The van der Waals surface area contributed by atoms with Gasteiger partial charge in [0, 0.05) is 37.8 Å². The van der Waals surface area contributed by atoms with Crippen molar-refractivity contribution < 1.29 is 18.3 Å². The number of nitrogens with zero attached hydrogens (tertiary/aromatic N) is 2. The van der Waals surface area contributed by atoms with Gasteiger partial charge in [0.2, 0.25) is 0 Å². The molecule has 2 aliphatic rings. The molecule has 4 nitrogen and oxygen atoms in total. The van der Waals surface area contributed by atoms with Crippen molar-refractivity contribution in [2.24, 2.45) is 0 Å². The zero-order valence-corrected chi connectivity index (χ0v) is 12.6. The van der Waals surface area contributed by atoms with E-state index in [4.69, 9.17) is 0 Å². The molecule has 1 aliphatic carbocycles. The van der Waals surface area contributed by atoms with Crippen LogP contribution in [0.4, 0.5) is 13.2 Å². The molecule has 2 N–H and O–H groups in total. The lowest BCUT2D eigenvalue weighted by Gasteiger charge is -2.46. The molecular formula is C14H26F3N3O. The van der Waals surface area contributed by atoms with Crippen LogP contribution in [-0.2, 0) is 0 Å². The fourth-order valence-corrected chi connectivity index (χ4v) is 3.63. The highest BCUT2D eigenvalue weighted by Crippen LogP contribution is 2.31. The largest absolute Gasteiger partial charge is 0.401 e. The molecule has 124 valence electrons. The summed E-state index contributed by atoms with van der Waals surface area (Å²) in [6.07, 6.45) is -0.146. The van der Waals surface area contributed by atoms with Crippen LogP contribution in [0.25, 0.3) is 0 Å². The number of hydrogen-bond donors (Lipinski definition) is 2. The lowest BCUT2D eigenvalue weighted by atomic mass is 9.79. The lowest BCUT2D eigenvalue weighted by molar-refractivity contribution is -0.150. The van der Waals surface area contributed by atoms with E-state index < -0.39 is 12.7 Å². The monoisotopic (exact) mass is 309 g/mol. The number of piperazine rings is 1. The number of likely N-dealkylation sites (N-methyl/N-ethyl adjacent to an activating group) is 1. The molecule has 0 radical (unpaired) electrons. The van der Waals surface area contributed by atoms with Gasteiger partial charge in [0.15, 0.2) is 0 Å². The van der Waals surface area contributed by atoms with Gasteiger partial charge in [-0.3, -0.25) is 9.80 Å². The van der Waals surface area contributed by atoms with Crippen LogP contribution in [0.3, 0.4) is 0 Å². The van der Waals surface area contributed by atoms with Gasteiger partial charge in [0.1, 0.15) is 0 Å². The molecule has 0 bridgehead atoms. The van der Waals surface area contributed by atoms with Crippen molar-refractivity contribution in [2.75, 3.05) is 46.4 Å². The van der Waals surface area contributed by atoms with Crippen molar-refractivity contribution in [1.29, 1.82) is 0 Å². The van der Waals surface area contributed by atoms with Gasteiger partial charge in [-0.25, -0.2) is 0 Å². The van der Waals surface area contributed by atoms with Crippen molar-refractivity contribution in [3.8, 4) is 0 Å². The van der Waals surface area contributed by atoms with Crippen LogP contribution in [-0.4, -0.2) is 79.0 Å². The van der Waals surface area contributed by atoms with E-state index in [1.54, 1.807) is 0 Å². The molecule has 21 heavy (non-hydrogen) atoms. The van der Waals surface area contributed by atoms with Crippen molar-refractivity contribution in [2.45, 2.75) is 43.4 Å². The molecule has 7 heteroatoms. The molecule has 2 atom stereocenters. The molecule has 2 rings (SSSR count). The second-order valence-corrected chi connectivity index (χ2v) is 6.37. The minimum Gasteiger partial charge on any atom is -0.394 e. The number of aliphatic hydroxyl groups is 1. The SMILES string of the molecule is CNC1(CO)CCCC(N2CCN(CC(F)(F)F)CC2)C1. The molecule has 0 aromatic carbocycles. The van der Waals surface area contributed by atoms with E-state index in [2.05, 4.69) is 10.2 Å². The fourth-order valence-electron chi connectivity index (χ4n) is 3.63. The average molecular weight is 309 g/mol. The Labute approximate surface area is 124 Å². The molecule has 0 aromatic rings. The third kappa shape index (κ3) is 4.55. The van der Waals surface area contributed by atoms with E-state index in [0.29, 0.717) is 32.2 Å². The highest BCUT2D eigenvalue weighted by Gasteiger charge is 2.38. The summed E-state index contributed by atoms with van der Waals surface area (Å²) >= 11 is 0. The second-order valence-electron chi connectivity index (χ2n) is 6.37. The van der Waals surface area contributed by atoms with Crippen molar-refractivity contribution in [1.82, 2.24) is 15.1 Å². The maximum absolute atomic E-state index is 12.4. The maximum Gasteiger partial charge on any atom is 0.401 e. The van der Waals surface area contributed by atoms with Gasteiger partial charge in [-0.1, -0.05) is 0 Å². The Bertz CT molecular complexity index is 326. The first-order valence-corrected chi connectivity index (χ1v) is 7.70. The summed E-state index contributed by atoms with van der Waals surface area (Å²) in [6, 6.07) is 0.367. The third-order valence-electron chi connectivity index (χ3n) is 4.98. The predicted octanol–water partition coefficient (Wildman–Crippen LogP) is 1.06. The molecule has 1 saturated carbocycles. The van der Waals surface area contributed by atoms with Crippen LogP contribution in [0.5, 0.6) is 0 Å². The standard InChI is InChI=1S/C14H26F3N3O/c1-18-13(11-21)4-2-3-12(9-13)20-7-5-19(6-8-20)10-14(15,16)17/h12,18,21H,2-11H2,1H3. The van der Waals surface area contributed by atoms with E-state index >= 15 is 0 Å². The van der Waals surface area contributed by atoms with Gasteiger partial charge < -0.3 is 10.4 Å². The first kappa shape index (κ1) is 17.0. The van der Waals surface area contributed by atoms with E-state index in [0.717, 1.165) is 25.7 Å². The molecule has 2 fully saturated rings. The summed E-state index contributed by atoms with van der Waals surface area (Å²) < 4.78 is 37.2. The van der Waals surface area contributed by atoms with Crippen molar-refractivity contribution in [3.05, 3.63) is 0 Å². The van der Waals surface area contributed by atoms with Crippen LogP contribution in [0.2, 0.25) is 0 Å². The number of nitrogens with one attached hydrogen (secondary N) is 1. The second kappa shape index (κ2) is 6.81. The number of hydrogen-bond acceptors (Lipinski definition) is 4. The predicted molar refractivity (Wildman–Crippen MR) is 75.2 cm³/mol. The number of aliphatic hydroxyl groups excluding tert-OH is 1.